The van der Waals surface area contributed by atoms with Gasteiger partial charge in [0, 0.05) is 16.9 Å². The highest BCUT2D eigenvalue weighted by Crippen LogP contribution is 2.41. The molecule has 1 aliphatic carbocycles. The highest BCUT2D eigenvalue weighted by atomic mass is 16.5. The van der Waals surface area contributed by atoms with Gasteiger partial charge in [0.15, 0.2) is 0 Å². The molecule has 1 aromatic heterocycles. The number of aromatic nitrogens is 1. The van der Waals surface area contributed by atoms with E-state index in [9.17, 15) is 15.0 Å². The Kier molecular flexibility index (Phi) is 4.51. The van der Waals surface area contributed by atoms with Crippen LogP contribution in [0, 0.1) is 0 Å². The van der Waals surface area contributed by atoms with E-state index in [0.717, 1.165) is 46.7 Å². The summed E-state index contributed by atoms with van der Waals surface area (Å²) in [5.41, 5.74) is 7.28. The normalized spacial score (nSPS) is 12.2. The molecule has 0 atom stereocenters. The van der Waals surface area contributed by atoms with Crippen LogP contribution in [0.5, 0.6) is 11.5 Å². The monoisotopic (exact) mass is 411 g/mol. The number of ether oxygens (including phenoxy) is 1. The molecule has 0 amide bonds. The Bertz CT molecular complexity index is 1300. The van der Waals surface area contributed by atoms with Gasteiger partial charge in [0.2, 0.25) is 0 Å². The fourth-order valence-corrected chi connectivity index (χ4v) is 4.40. The molecule has 0 aliphatic heterocycles. The summed E-state index contributed by atoms with van der Waals surface area (Å²) in [7, 11) is 1.67. The number of benzene rings is 3. The Morgan fingerprint density at radius 2 is 1.74 bits per heavy atom. The molecule has 0 saturated heterocycles. The molecule has 2 N–H and O–H groups in total. The molecule has 31 heavy (non-hydrogen) atoms. The van der Waals surface area contributed by atoms with Crippen LogP contribution in [-0.2, 0) is 12.8 Å². The largest absolute Gasteiger partial charge is 0.507 e. The summed E-state index contributed by atoms with van der Waals surface area (Å²) in [5.74, 6) is -0.551. The van der Waals surface area contributed by atoms with Crippen LogP contribution in [0.1, 0.15) is 21.6 Å². The zero-order valence-electron chi connectivity index (χ0n) is 17.0. The van der Waals surface area contributed by atoms with E-state index < -0.39 is 5.97 Å². The van der Waals surface area contributed by atoms with E-state index in [4.69, 9.17) is 4.74 Å². The van der Waals surface area contributed by atoms with Gasteiger partial charge in [-0.1, -0.05) is 36.4 Å². The third-order valence-corrected chi connectivity index (χ3v) is 5.87. The molecule has 5 nitrogen and oxygen atoms in total. The molecular weight excluding hydrogens is 390 g/mol. The lowest BCUT2D eigenvalue weighted by Gasteiger charge is -2.21. The van der Waals surface area contributed by atoms with Crippen LogP contribution in [0.2, 0.25) is 0 Å². The van der Waals surface area contributed by atoms with Crippen LogP contribution >= 0.6 is 0 Å². The zero-order chi connectivity index (χ0) is 21.5. The summed E-state index contributed by atoms with van der Waals surface area (Å²) in [6, 6.07) is 23.1. The number of methoxy groups -OCH3 is 1. The number of rotatable bonds is 4. The lowest BCUT2D eigenvalue weighted by Crippen LogP contribution is -2.10. The number of carboxylic acids is 1. The van der Waals surface area contributed by atoms with Crippen LogP contribution in [-0.4, -0.2) is 27.9 Å². The van der Waals surface area contributed by atoms with Gasteiger partial charge in [0.1, 0.15) is 17.1 Å². The predicted molar refractivity (Wildman–Crippen MR) is 119 cm³/mol. The molecule has 154 valence electrons. The van der Waals surface area contributed by atoms with Gasteiger partial charge in [-0.05, 0) is 65.9 Å². The number of aromatic carboxylic acids is 1. The summed E-state index contributed by atoms with van der Waals surface area (Å²) < 4.78 is 7.51. The van der Waals surface area contributed by atoms with Crippen LogP contribution in [0.25, 0.3) is 28.1 Å². The topological polar surface area (TPSA) is 71.7 Å². The maximum absolute atomic E-state index is 11.6. The van der Waals surface area contributed by atoms with E-state index in [0.29, 0.717) is 5.69 Å². The van der Waals surface area contributed by atoms with E-state index in [2.05, 4.69) is 22.8 Å². The first-order chi connectivity index (χ1) is 15.1. The molecule has 5 rings (SSSR count). The molecule has 0 bridgehead atoms. The number of carbonyl (C=O) groups is 1. The van der Waals surface area contributed by atoms with Gasteiger partial charge in [0.05, 0.1) is 12.8 Å². The molecule has 1 heterocycles. The number of aryl methyl sites for hydroxylation is 1. The van der Waals surface area contributed by atoms with E-state index in [-0.39, 0.29) is 11.3 Å². The fourth-order valence-electron chi connectivity index (χ4n) is 4.40. The van der Waals surface area contributed by atoms with Crippen molar-refractivity contribution in [2.45, 2.75) is 12.8 Å². The van der Waals surface area contributed by atoms with Crippen LogP contribution in [0.3, 0.4) is 0 Å². The van der Waals surface area contributed by atoms with Crippen molar-refractivity contribution in [2.75, 3.05) is 7.11 Å². The Morgan fingerprint density at radius 3 is 2.48 bits per heavy atom. The second kappa shape index (κ2) is 7.36. The minimum Gasteiger partial charge on any atom is -0.507 e. The number of hydrogen-bond acceptors (Lipinski definition) is 3. The molecule has 3 aromatic carbocycles. The first-order valence-electron chi connectivity index (χ1n) is 10.1. The number of hydrogen-bond donors (Lipinski definition) is 2. The van der Waals surface area contributed by atoms with E-state index in [1.807, 2.05) is 36.4 Å². The molecule has 1 aliphatic rings. The molecule has 0 fully saturated rings. The van der Waals surface area contributed by atoms with Crippen molar-refractivity contribution in [3.63, 3.8) is 0 Å². The average Bonchev–Trinajstić information content (AvgIpc) is 3.19. The molecule has 0 saturated carbocycles. The summed E-state index contributed by atoms with van der Waals surface area (Å²) in [5, 5.41) is 19.5. The highest BCUT2D eigenvalue weighted by Gasteiger charge is 2.25. The number of aromatic hydroxyl groups is 1. The number of fused-ring (bicyclic) bond motifs is 3. The third-order valence-electron chi connectivity index (χ3n) is 5.87. The average molecular weight is 411 g/mol. The minimum absolute atomic E-state index is 0.111. The van der Waals surface area contributed by atoms with Gasteiger partial charge in [-0.25, -0.2) is 4.79 Å². The maximum Gasteiger partial charge on any atom is 0.339 e. The lowest BCUT2D eigenvalue weighted by atomic mass is 9.89. The van der Waals surface area contributed by atoms with Crippen molar-refractivity contribution in [3.05, 3.63) is 89.6 Å². The molecule has 4 aromatic rings. The molecule has 0 spiro atoms. The zero-order valence-corrected chi connectivity index (χ0v) is 17.0. The third kappa shape index (κ3) is 3.15. The Morgan fingerprint density at radius 1 is 0.935 bits per heavy atom. The minimum atomic E-state index is -1.15. The number of nitrogens with zero attached hydrogens (tertiary/aromatic N) is 1. The van der Waals surface area contributed by atoms with Gasteiger partial charge >= 0.3 is 5.97 Å². The first kappa shape index (κ1) is 19.0. The van der Waals surface area contributed by atoms with Crippen molar-refractivity contribution in [1.82, 2.24) is 4.57 Å². The predicted octanol–water partition coefficient (Wildman–Crippen LogP) is 5.32. The summed E-state index contributed by atoms with van der Waals surface area (Å²) in [6.07, 6.45) is 1.67. The van der Waals surface area contributed by atoms with Crippen molar-refractivity contribution >= 4 is 5.97 Å². The SMILES string of the molecule is COc1ccc2c(c1)CCc1c-2cc(-c2ccccc2)n1-c1ccc(O)c(C(=O)O)c1. The quantitative estimate of drug-likeness (QED) is 0.477. The summed E-state index contributed by atoms with van der Waals surface area (Å²) in [4.78, 5) is 11.6. The van der Waals surface area contributed by atoms with Gasteiger partial charge in [-0.3, -0.25) is 0 Å². The molecular formula is C26H21NO4. The standard InChI is InChI=1S/C26H21NO4/c1-31-19-9-10-20-17(13-19)7-11-23-21(20)15-24(16-5-3-2-4-6-16)27(23)18-8-12-25(28)22(14-18)26(29)30/h2-6,8-10,12-15,28H,7,11H2,1H3,(H,29,30). The van der Waals surface area contributed by atoms with Crippen molar-refractivity contribution in [1.29, 1.82) is 0 Å². The van der Waals surface area contributed by atoms with Crippen molar-refractivity contribution in [3.8, 4) is 39.6 Å². The van der Waals surface area contributed by atoms with Crippen LogP contribution in [0.15, 0.2) is 72.8 Å². The summed E-state index contributed by atoms with van der Waals surface area (Å²) >= 11 is 0. The Balaban J connectivity index is 1.78. The van der Waals surface area contributed by atoms with Gasteiger partial charge in [-0.2, -0.15) is 0 Å². The lowest BCUT2D eigenvalue weighted by molar-refractivity contribution is 0.0693. The maximum atomic E-state index is 11.6. The molecule has 5 heteroatoms. The first-order valence-corrected chi connectivity index (χ1v) is 10.1. The number of phenols is 1. The van der Waals surface area contributed by atoms with Crippen LogP contribution in [0.4, 0.5) is 0 Å². The highest BCUT2D eigenvalue weighted by molar-refractivity contribution is 5.92. The van der Waals surface area contributed by atoms with E-state index in [1.165, 1.54) is 17.7 Å². The Hall–Kier alpha value is -3.99. The van der Waals surface area contributed by atoms with Crippen molar-refractivity contribution in [2.24, 2.45) is 0 Å². The van der Waals surface area contributed by atoms with Crippen LogP contribution < -0.4 is 4.74 Å². The van der Waals surface area contributed by atoms with E-state index in [1.54, 1.807) is 13.2 Å². The second-order valence-corrected chi connectivity index (χ2v) is 7.62. The number of carboxylic acid groups (broad SMARTS) is 1. The fraction of sp³-hybridized carbons (Fsp3) is 0.115. The second-order valence-electron chi connectivity index (χ2n) is 7.62. The van der Waals surface area contributed by atoms with Gasteiger partial charge in [-0.15, -0.1) is 0 Å². The smallest absolute Gasteiger partial charge is 0.339 e. The van der Waals surface area contributed by atoms with E-state index >= 15 is 0 Å². The summed E-state index contributed by atoms with van der Waals surface area (Å²) in [6.45, 7) is 0. The molecule has 0 radical (unpaired) electrons. The van der Waals surface area contributed by atoms with Gasteiger partial charge < -0.3 is 19.5 Å². The van der Waals surface area contributed by atoms with Crippen molar-refractivity contribution < 1.29 is 19.7 Å². The van der Waals surface area contributed by atoms with Gasteiger partial charge in [0.25, 0.3) is 0 Å². The Labute approximate surface area is 179 Å². The molecule has 0 unspecified atom stereocenters.